The highest BCUT2D eigenvalue weighted by Gasteiger charge is 2.25. The summed E-state index contributed by atoms with van der Waals surface area (Å²) in [6.45, 7) is 7.55. The largest absolute Gasteiger partial charge is 0.444 e. The van der Waals surface area contributed by atoms with Crippen molar-refractivity contribution in [1.29, 1.82) is 0 Å². The van der Waals surface area contributed by atoms with Crippen molar-refractivity contribution < 1.29 is 28.6 Å². The van der Waals surface area contributed by atoms with Gasteiger partial charge in [0.05, 0.1) is 0 Å². The molecule has 1 heterocycles. The van der Waals surface area contributed by atoms with Gasteiger partial charge >= 0.3 is 18.2 Å². The number of cyclic esters (lactones) is 1. The van der Waals surface area contributed by atoms with Gasteiger partial charge in [0.15, 0.2) is 0 Å². The minimum atomic E-state index is -0.979. The van der Waals surface area contributed by atoms with E-state index in [-0.39, 0.29) is 0 Å². The minimum absolute atomic E-state index is 0.304. The zero-order valence-electron chi connectivity index (χ0n) is 13.2. The van der Waals surface area contributed by atoms with Crippen molar-refractivity contribution in [2.75, 3.05) is 13.1 Å². The van der Waals surface area contributed by atoms with E-state index in [9.17, 15) is 14.4 Å². The molecule has 0 fully saturated rings. The summed E-state index contributed by atoms with van der Waals surface area (Å²) in [6.07, 6.45) is -0.249. The smallest absolute Gasteiger partial charge is 0.410 e. The number of nitrogens with one attached hydrogen (secondary N) is 2. The van der Waals surface area contributed by atoms with E-state index in [2.05, 4.69) is 10.6 Å². The van der Waals surface area contributed by atoms with E-state index in [1.165, 1.54) is 6.08 Å². The highest BCUT2D eigenvalue weighted by molar-refractivity contribution is 5.90. The Hall–Kier alpha value is -2.25. The summed E-state index contributed by atoms with van der Waals surface area (Å²) in [5.41, 5.74) is -0.143. The zero-order valence-corrected chi connectivity index (χ0v) is 13.2. The summed E-state index contributed by atoms with van der Waals surface area (Å²) in [7, 11) is 0. The lowest BCUT2D eigenvalue weighted by atomic mass is 10.2. The molecule has 1 atom stereocenters. The summed E-state index contributed by atoms with van der Waals surface area (Å²) in [6, 6.07) is 0. The molecule has 0 bridgehead atoms. The maximum Gasteiger partial charge on any atom is 0.410 e. The molecule has 8 nitrogen and oxygen atoms in total. The first-order valence-corrected chi connectivity index (χ1v) is 6.98. The van der Waals surface area contributed by atoms with Crippen LogP contribution in [0.4, 0.5) is 9.59 Å². The molecule has 1 unspecified atom stereocenters. The van der Waals surface area contributed by atoms with E-state index >= 15 is 0 Å². The molecule has 2 amide bonds. The molecular weight excluding hydrogens is 292 g/mol. The molecule has 1 aliphatic rings. The van der Waals surface area contributed by atoms with Gasteiger partial charge < -0.3 is 24.8 Å². The lowest BCUT2D eigenvalue weighted by Gasteiger charge is -2.19. The molecule has 0 aromatic heterocycles. The number of alkyl carbamates (subject to hydrolysis) is 2. The first kappa shape index (κ1) is 17.8. The third-order valence-electron chi connectivity index (χ3n) is 2.45. The molecule has 0 aromatic carbocycles. The zero-order chi connectivity index (χ0) is 16.8. The fraction of sp³-hybridized carbons (Fsp3) is 0.643. The molecule has 0 spiro atoms. The van der Waals surface area contributed by atoms with Gasteiger partial charge in [-0.15, -0.1) is 0 Å². The first-order chi connectivity index (χ1) is 10.2. The van der Waals surface area contributed by atoms with Crippen LogP contribution in [-0.4, -0.2) is 43.1 Å². The average molecular weight is 314 g/mol. The number of ether oxygens (including phenoxy) is 3. The van der Waals surface area contributed by atoms with Gasteiger partial charge in [0, 0.05) is 24.7 Å². The van der Waals surface area contributed by atoms with Crippen LogP contribution in [-0.2, 0) is 19.0 Å². The van der Waals surface area contributed by atoms with E-state index < -0.39 is 30.0 Å². The van der Waals surface area contributed by atoms with Crippen molar-refractivity contribution in [2.24, 2.45) is 0 Å². The summed E-state index contributed by atoms with van der Waals surface area (Å²) >= 11 is 0. The average Bonchev–Trinajstić information content (AvgIpc) is 2.65. The number of carbonyl (C=O) groups excluding carboxylic acids is 3. The normalized spacial score (nSPS) is 17.4. The second kappa shape index (κ2) is 7.67. The second-order valence-corrected chi connectivity index (χ2v) is 5.74. The van der Waals surface area contributed by atoms with Gasteiger partial charge in [-0.2, -0.15) is 0 Å². The Morgan fingerprint density at radius 2 is 1.82 bits per heavy atom. The molecule has 0 saturated carbocycles. The predicted octanol–water partition coefficient (Wildman–Crippen LogP) is 1.46. The highest BCUT2D eigenvalue weighted by Crippen LogP contribution is 2.13. The van der Waals surface area contributed by atoms with Crippen LogP contribution >= 0.6 is 0 Å². The van der Waals surface area contributed by atoms with Crippen molar-refractivity contribution in [1.82, 2.24) is 10.6 Å². The van der Waals surface area contributed by atoms with Crippen LogP contribution in [0.15, 0.2) is 11.6 Å². The van der Waals surface area contributed by atoms with E-state index in [4.69, 9.17) is 14.2 Å². The minimum Gasteiger partial charge on any atom is -0.444 e. The summed E-state index contributed by atoms with van der Waals surface area (Å²) in [5.74, 6) is -0.501. The highest BCUT2D eigenvalue weighted by atomic mass is 16.7. The summed E-state index contributed by atoms with van der Waals surface area (Å²) < 4.78 is 14.7. The van der Waals surface area contributed by atoms with Crippen LogP contribution in [0, 0.1) is 0 Å². The first-order valence-electron chi connectivity index (χ1n) is 6.98. The summed E-state index contributed by atoms with van der Waals surface area (Å²) in [5, 5.41) is 5.05. The number of rotatable bonds is 5. The molecule has 1 rings (SSSR count). The Morgan fingerprint density at radius 1 is 1.23 bits per heavy atom. The van der Waals surface area contributed by atoms with Gasteiger partial charge in [-0.3, -0.25) is 0 Å². The van der Waals surface area contributed by atoms with Gasteiger partial charge in [-0.1, -0.05) is 0 Å². The van der Waals surface area contributed by atoms with Crippen LogP contribution in [0.5, 0.6) is 0 Å². The van der Waals surface area contributed by atoms with E-state index in [0.717, 1.165) is 0 Å². The molecule has 124 valence electrons. The van der Waals surface area contributed by atoms with Crippen molar-refractivity contribution in [3.05, 3.63) is 11.6 Å². The third-order valence-corrected chi connectivity index (χ3v) is 2.45. The lowest BCUT2D eigenvalue weighted by molar-refractivity contribution is -0.151. The molecule has 0 radical (unpaired) electrons. The molecule has 8 heteroatoms. The lowest BCUT2D eigenvalue weighted by Crippen LogP contribution is -2.35. The van der Waals surface area contributed by atoms with Crippen LogP contribution in [0.3, 0.4) is 0 Å². The standard InChI is InChI=1S/C14H22N2O6/c1-9-8-10(20-11(9)17)21-12(18)15-6-5-7-16-13(19)22-14(2,3)4/h8,10H,5-7H2,1-4H3,(H,15,18)(H,16,19). The van der Waals surface area contributed by atoms with Crippen LogP contribution in [0.25, 0.3) is 0 Å². The predicted molar refractivity (Wildman–Crippen MR) is 77.0 cm³/mol. The quantitative estimate of drug-likeness (QED) is 0.588. The Balaban J connectivity index is 2.09. The number of hydrogen-bond donors (Lipinski definition) is 2. The number of carbonyl (C=O) groups is 3. The molecule has 1 aliphatic heterocycles. The van der Waals surface area contributed by atoms with Gasteiger partial charge in [0.1, 0.15) is 5.60 Å². The SMILES string of the molecule is CC1=CC(OC(=O)NCCCNC(=O)OC(C)(C)C)OC1=O. The Kier molecular flexibility index (Phi) is 6.21. The monoisotopic (exact) mass is 314 g/mol. The van der Waals surface area contributed by atoms with Gasteiger partial charge in [-0.05, 0) is 34.1 Å². The van der Waals surface area contributed by atoms with Crippen molar-refractivity contribution >= 4 is 18.2 Å². The molecule has 0 aliphatic carbocycles. The van der Waals surface area contributed by atoms with Crippen molar-refractivity contribution in [3.63, 3.8) is 0 Å². The van der Waals surface area contributed by atoms with Crippen LogP contribution < -0.4 is 10.6 Å². The molecule has 2 N–H and O–H groups in total. The Morgan fingerprint density at radius 3 is 2.32 bits per heavy atom. The van der Waals surface area contributed by atoms with Crippen LogP contribution in [0.2, 0.25) is 0 Å². The summed E-state index contributed by atoms with van der Waals surface area (Å²) in [4.78, 5) is 33.9. The van der Waals surface area contributed by atoms with E-state index in [1.54, 1.807) is 27.7 Å². The van der Waals surface area contributed by atoms with Gasteiger partial charge in [-0.25, -0.2) is 14.4 Å². The van der Waals surface area contributed by atoms with Crippen molar-refractivity contribution in [3.8, 4) is 0 Å². The van der Waals surface area contributed by atoms with E-state index in [0.29, 0.717) is 25.1 Å². The van der Waals surface area contributed by atoms with Gasteiger partial charge in [0.2, 0.25) is 0 Å². The van der Waals surface area contributed by atoms with Gasteiger partial charge in [0.25, 0.3) is 6.29 Å². The van der Waals surface area contributed by atoms with E-state index in [1.807, 2.05) is 0 Å². The third kappa shape index (κ3) is 6.96. The van der Waals surface area contributed by atoms with Crippen LogP contribution in [0.1, 0.15) is 34.1 Å². The maximum atomic E-state index is 11.4. The van der Waals surface area contributed by atoms with Crippen molar-refractivity contribution in [2.45, 2.75) is 46.0 Å². The number of esters is 1. The Labute approximate surface area is 129 Å². The Bertz CT molecular complexity index is 466. The fourth-order valence-corrected chi connectivity index (χ4v) is 1.49. The molecule has 0 aromatic rings. The topological polar surface area (TPSA) is 103 Å². The molecule has 0 saturated heterocycles. The second-order valence-electron chi connectivity index (χ2n) is 5.74. The molecular formula is C14H22N2O6. The maximum absolute atomic E-state index is 11.4. The fourth-order valence-electron chi connectivity index (χ4n) is 1.49. The molecule has 22 heavy (non-hydrogen) atoms. The number of hydrogen-bond acceptors (Lipinski definition) is 6. The number of amides is 2.